The molecule has 134 valence electrons. The van der Waals surface area contributed by atoms with Gasteiger partial charge in [0.25, 0.3) is 0 Å². The number of hydrogen-bond donors (Lipinski definition) is 3. The largest absolute Gasteiger partial charge is 3.00 e. The summed E-state index contributed by atoms with van der Waals surface area (Å²) in [4.78, 5) is 0. The first-order valence-corrected chi connectivity index (χ1v) is 9.55. The molecule has 0 unspecified atom stereocenters. The van der Waals surface area contributed by atoms with E-state index in [2.05, 4.69) is 0 Å². The van der Waals surface area contributed by atoms with Crippen LogP contribution in [0, 0.1) is 0 Å². The molecule has 0 heterocycles. The first kappa shape index (κ1) is 30.4. The monoisotopic (exact) mass is 584 g/mol. The molecule has 0 aromatic rings. The molecule has 0 aliphatic carbocycles. The summed E-state index contributed by atoms with van der Waals surface area (Å²) in [6.07, 6.45) is 0. The zero-order valence-corrected chi connectivity index (χ0v) is 16.9. The smallest absolute Gasteiger partial charge is 0.748 e. The normalized spacial score (nSPS) is 11.2. The summed E-state index contributed by atoms with van der Waals surface area (Å²) in [5, 5.41) is 23.5. The van der Waals surface area contributed by atoms with Crippen molar-refractivity contribution in [3.05, 3.63) is 0 Å². The molecule has 0 amide bonds. The molecule has 0 aromatic heterocycles. The van der Waals surface area contributed by atoms with Gasteiger partial charge in [0.2, 0.25) is 0 Å². The fourth-order valence-corrected chi connectivity index (χ4v) is 1.01. The fraction of sp³-hybridized carbons (Fsp3) is 1.00. The van der Waals surface area contributed by atoms with Gasteiger partial charge in [0.15, 0.2) is 0 Å². The van der Waals surface area contributed by atoms with Crippen LogP contribution in [0.4, 0.5) is 0 Å². The number of aliphatic hydroxyl groups is 3. The molecule has 0 saturated heterocycles. The van der Waals surface area contributed by atoms with Gasteiger partial charge in [0.1, 0.15) is 0 Å². The summed E-state index contributed by atoms with van der Waals surface area (Å²) in [7, 11) is -12.5. The third-order valence-corrected chi connectivity index (χ3v) is 3.07. The van der Waals surface area contributed by atoms with Crippen LogP contribution in [0.1, 0.15) is 0 Å². The Bertz CT molecular complexity index is 455. The van der Waals surface area contributed by atoms with Crippen molar-refractivity contribution in [2.24, 2.45) is 0 Å². The van der Waals surface area contributed by atoms with E-state index in [-0.39, 0.29) is 26.2 Å². The zero-order chi connectivity index (χ0) is 17.7. The zero-order valence-electron chi connectivity index (χ0n) is 10.9. The van der Waals surface area contributed by atoms with E-state index < -0.39 is 67.4 Å². The Balaban J connectivity index is -0.000000108. The Hall–Kier alpha value is 0.493. The summed E-state index contributed by atoms with van der Waals surface area (Å²) in [5.74, 6) is -2.06. The predicted molar refractivity (Wildman–Crippen MR) is 70.7 cm³/mol. The Morgan fingerprint density at radius 3 is 0.682 bits per heavy atom. The van der Waals surface area contributed by atoms with Crippen LogP contribution in [0.15, 0.2) is 0 Å². The maximum absolute atomic E-state index is 9.52. The summed E-state index contributed by atoms with van der Waals surface area (Å²) in [6.45, 7) is -1.77. The average Bonchev–Trinajstić information content (AvgIpc) is 2.12. The van der Waals surface area contributed by atoms with Gasteiger partial charge in [0.05, 0.1) is 67.4 Å². The predicted octanol–water partition coefficient (Wildman–Crippen LogP) is -4.81. The molecule has 22 heavy (non-hydrogen) atoms. The molecule has 0 fully saturated rings. The first-order chi connectivity index (χ1) is 9.18. The molecule has 0 aliphatic rings. The fourth-order valence-electron chi connectivity index (χ4n) is 0.335. The molecule has 0 atom stereocenters. The maximum Gasteiger partial charge on any atom is 3.00 e. The van der Waals surface area contributed by atoms with E-state index in [0.29, 0.717) is 0 Å². The van der Waals surface area contributed by atoms with Gasteiger partial charge < -0.3 is 29.0 Å². The Labute approximate surface area is 147 Å². The Morgan fingerprint density at radius 1 is 0.545 bits per heavy atom. The summed E-state index contributed by atoms with van der Waals surface area (Å²) in [6, 6.07) is 0. The van der Waals surface area contributed by atoms with E-state index in [9.17, 15) is 38.9 Å². The molecule has 12 nitrogen and oxygen atoms in total. The van der Waals surface area contributed by atoms with Gasteiger partial charge in [0, 0.05) is 0 Å². The SMILES string of the molecule is O=S(=O)([O-])CCO.O=S(=O)([O-])CCO.O=S(=O)([O-])CCO.[Bi+3]. The Kier molecular flexibility index (Phi) is 20.8. The topological polar surface area (TPSA) is 232 Å². The van der Waals surface area contributed by atoms with Gasteiger partial charge in [-0.2, -0.15) is 0 Å². The van der Waals surface area contributed by atoms with Crippen LogP contribution < -0.4 is 0 Å². The van der Waals surface area contributed by atoms with Gasteiger partial charge in [-0.3, -0.25) is 0 Å². The second kappa shape index (κ2) is 15.0. The standard InChI is InChI=1S/3C2H6O4S.Bi/c3*3-1-2-7(4,5)6;/h3*3H,1-2H2,(H,4,5,6);/q;;;+3/p-3. The van der Waals surface area contributed by atoms with E-state index in [1.54, 1.807) is 0 Å². The minimum atomic E-state index is -4.17. The summed E-state index contributed by atoms with van der Waals surface area (Å²) in [5.41, 5.74) is 0. The van der Waals surface area contributed by atoms with Crippen molar-refractivity contribution in [2.45, 2.75) is 0 Å². The van der Waals surface area contributed by atoms with Crippen molar-refractivity contribution in [1.29, 1.82) is 0 Å². The molecule has 0 rings (SSSR count). The van der Waals surface area contributed by atoms with Crippen LogP contribution in [0.3, 0.4) is 0 Å². The van der Waals surface area contributed by atoms with Gasteiger partial charge in [-0.15, -0.1) is 0 Å². The van der Waals surface area contributed by atoms with Crippen LogP contribution in [0.25, 0.3) is 0 Å². The van der Waals surface area contributed by atoms with Crippen molar-refractivity contribution in [3.63, 3.8) is 0 Å². The van der Waals surface area contributed by atoms with Crippen LogP contribution in [-0.4, -0.2) is 118 Å². The van der Waals surface area contributed by atoms with Crippen LogP contribution in [-0.2, 0) is 30.4 Å². The quantitative estimate of drug-likeness (QED) is 0.197. The van der Waals surface area contributed by atoms with Crippen LogP contribution in [0.5, 0.6) is 0 Å². The van der Waals surface area contributed by atoms with Gasteiger partial charge in [-0.1, -0.05) is 0 Å². The molecule has 0 aliphatic heterocycles. The van der Waals surface area contributed by atoms with Gasteiger partial charge in [-0.05, 0) is 0 Å². The van der Waals surface area contributed by atoms with E-state index in [0.717, 1.165) is 0 Å². The molecular formula is C6H15BiO12S3. The molecule has 0 spiro atoms. The van der Waals surface area contributed by atoms with Crippen molar-refractivity contribution < 1.29 is 54.2 Å². The molecule has 0 saturated carbocycles. The first-order valence-electron chi connectivity index (χ1n) is 4.81. The van der Waals surface area contributed by atoms with E-state index >= 15 is 0 Å². The minimum absolute atomic E-state index is 0. The van der Waals surface area contributed by atoms with Gasteiger partial charge in [-0.25, -0.2) is 25.3 Å². The van der Waals surface area contributed by atoms with Gasteiger partial charge >= 0.3 is 26.2 Å². The van der Waals surface area contributed by atoms with Crippen molar-refractivity contribution in [2.75, 3.05) is 37.1 Å². The number of aliphatic hydroxyl groups excluding tert-OH is 3. The van der Waals surface area contributed by atoms with Crippen molar-refractivity contribution >= 4 is 56.6 Å². The average molecular weight is 584 g/mol. The summed E-state index contributed by atoms with van der Waals surface area (Å²) < 4.78 is 85.6. The molecule has 0 bridgehead atoms. The van der Waals surface area contributed by atoms with Crippen LogP contribution >= 0.6 is 0 Å². The molecule has 16 heteroatoms. The number of hydrogen-bond acceptors (Lipinski definition) is 12. The number of rotatable bonds is 6. The van der Waals surface area contributed by atoms with Crippen LogP contribution in [0.2, 0.25) is 0 Å². The van der Waals surface area contributed by atoms with E-state index in [1.165, 1.54) is 0 Å². The molecular weight excluding hydrogens is 569 g/mol. The minimum Gasteiger partial charge on any atom is -0.748 e. The van der Waals surface area contributed by atoms with E-state index in [4.69, 9.17) is 15.3 Å². The Morgan fingerprint density at radius 2 is 0.682 bits per heavy atom. The van der Waals surface area contributed by atoms with Crippen molar-refractivity contribution in [3.8, 4) is 0 Å². The third-order valence-electron chi connectivity index (χ3n) is 1.02. The van der Waals surface area contributed by atoms with E-state index in [1.807, 2.05) is 0 Å². The maximum atomic E-state index is 9.52. The third kappa shape index (κ3) is 49.9. The summed E-state index contributed by atoms with van der Waals surface area (Å²) >= 11 is 0. The second-order valence-electron chi connectivity index (χ2n) is 2.96. The molecule has 3 N–H and O–H groups in total. The molecule has 0 aromatic carbocycles. The van der Waals surface area contributed by atoms with Crippen molar-refractivity contribution in [1.82, 2.24) is 0 Å². The molecule has 2 radical (unpaired) electrons. The second-order valence-corrected chi connectivity index (χ2v) is 7.53.